The highest BCUT2D eigenvalue weighted by Gasteiger charge is 2.24. The number of aromatic carboxylic acids is 1. The molecule has 0 saturated carbocycles. The molecule has 0 amide bonds. The van der Waals surface area contributed by atoms with Crippen LogP contribution < -0.4 is 4.90 Å². The van der Waals surface area contributed by atoms with Crippen molar-refractivity contribution in [1.29, 1.82) is 0 Å². The molecule has 1 saturated heterocycles. The third-order valence-electron chi connectivity index (χ3n) is 3.08. The van der Waals surface area contributed by atoms with Crippen LogP contribution in [0.2, 0.25) is 0 Å². The zero-order valence-electron chi connectivity index (χ0n) is 10.0. The summed E-state index contributed by atoms with van der Waals surface area (Å²) in [6, 6.07) is 2.28. The molecule has 0 aromatic carbocycles. The third kappa shape index (κ3) is 2.54. The van der Waals surface area contributed by atoms with Gasteiger partial charge in [0.2, 0.25) is 0 Å². The van der Waals surface area contributed by atoms with Gasteiger partial charge in [0.05, 0.1) is 5.69 Å². The number of carboxylic acid groups (broad SMARTS) is 1. The molecule has 0 bridgehead atoms. The van der Waals surface area contributed by atoms with Gasteiger partial charge in [-0.15, -0.1) is 0 Å². The SMILES string of the molecule is Cc1cc(N(C)C2CCSC2)c(C(=O)O)cn1. The number of pyridine rings is 1. The third-order valence-corrected chi connectivity index (χ3v) is 4.23. The highest BCUT2D eigenvalue weighted by molar-refractivity contribution is 7.99. The van der Waals surface area contributed by atoms with E-state index in [0.717, 1.165) is 29.3 Å². The molecule has 2 rings (SSSR count). The van der Waals surface area contributed by atoms with Gasteiger partial charge in [0.15, 0.2) is 0 Å². The van der Waals surface area contributed by atoms with E-state index < -0.39 is 5.97 Å². The van der Waals surface area contributed by atoms with E-state index in [-0.39, 0.29) is 5.56 Å². The number of hydrogen-bond acceptors (Lipinski definition) is 4. The lowest BCUT2D eigenvalue weighted by Crippen LogP contribution is -2.32. The van der Waals surface area contributed by atoms with Crippen LogP contribution in [-0.2, 0) is 0 Å². The van der Waals surface area contributed by atoms with Gasteiger partial charge in [-0.2, -0.15) is 11.8 Å². The van der Waals surface area contributed by atoms with Crippen molar-refractivity contribution >= 4 is 23.4 Å². The van der Waals surface area contributed by atoms with Gasteiger partial charge in [0, 0.05) is 30.7 Å². The predicted octanol–water partition coefficient (Wildman–Crippen LogP) is 2.03. The molecule has 4 nitrogen and oxygen atoms in total. The van der Waals surface area contributed by atoms with Crippen molar-refractivity contribution in [2.24, 2.45) is 0 Å². The van der Waals surface area contributed by atoms with E-state index in [0.29, 0.717) is 6.04 Å². The molecule has 1 aromatic rings. The molecule has 92 valence electrons. The summed E-state index contributed by atoms with van der Waals surface area (Å²) in [5.41, 5.74) is 1.91. The Morgan fingerprint density at radius 3 is 3.00 bits per heavy atom. The van der Waals surface area contributed by atoms with Crippen molar-refractivity contribution in [3.8, 4) is 0 Å². The van der Waals surface area contributed by atoms with Crippen LogP contribution in [0.15, 0.2) is 12.3 Å². The minimum absolute atomic E-state index is 0.287. The summed E-state index contributed by atoms with van der Waals surface area (Å²) in [5.74, 6) is 1.31. The number of anilines is 1. The molecule has 1 N–H and O–H groups in total. The highest BCUT2D eigenvalue weighted by atomic mass is 32.2. The average molecular weight is 252 g/mol. The maximum Gasteiger partial charge on any atom is 0.339 e. The van der Waals surface area contributed by atoms with Crippen LogP contribution in [0, 0.1) is 6.92 Å². The second kappa shape index (κ2) is 4.96. The second-order valence-corrected chi connectivity index (χ2v) is 5.43. The first-order valence-corrected chi connectivity index (χ1v) is 6.75. The Hall–Kier alpha value is -1.23. The van der Waals surface area contributed by atoms with Gasteiger partial charge in [0.25, 0.3) is 0 Å². The summed E-state index contributed by atoms with van der Waals surface area (Å²) in [6.07, 6.45) is 2.56. The number of hydrogen-bond donors (Lipinski definition) is 1. The summed E-state index contributed by atoms with van der Waals surface area (Å²) < 4.78 is 0. The molecule has 0 aliphatic carbocycles. The van der Waals surface area contributed by atoms with Gasteiger partial charge in [-0.25, -0.2) is 4.79 Å². The smallest absolute Gasteiger partial charge is 0.339 e. The van der Waals surface area contributed by atoms with Gasteiger partial charge in [-0.3, -0.25) is 4.98 Å². The van der Waals surface area contributed by atoms with E-state index in [1.165, 1.54) is 6.20 Å². The summed E-state index contributed by atoms with van der Waals surface area (Å²) in [5, 5.41) is 9.18. The van der Waals surface area contributed by atoms with Crippen molar-refractivity contribution in [1.82, 2.24) is 4.98 Å². The maximum absolute atomic E-state index is 11.2. The Bertz CT molecular complexity index is 431. The van der Waals surface area contributed by atoms with Crippen LogP contribution in [0.4, 0.5) is 5.69 Å². The van der Waals surface area contributed by atoms with E-state index in [9.17, 15) is 9.90 Å². The topological polar surface area (TPSA) is 53.4 Å². The van der Waals surface area contributed by atoms with Crippen LogP contribution in [0.5, 0.6) is 0 Å². The molecule has 2 heterocycles. The number of carboxylic acids is 1. The summed E-state index contributed by atoms with van der Waals surface area (Å²) in [6.45, 7) is 1.88. The minimum Gasteiger partial charge on any atom is -0.478 e. The van der Waals surface area contributed by atoms with Gasteiger partial charge < -0.3 is 10.0 Å². The number of carbonyl (C=O) groups is 1. The zero-order valence-corrected chi connectivity index (χ0v) is 10.8. The van der Waals surface area contributed by atoms with Gasteiger partial charge in [-0.05, 0) is 25.2 Å². The highest BCUT2D eigenvalue weighted by Crippen LogP contribution is 2.28. The molecule has 0 radical (unpaired) electrons. The lowest BCUT2D eigenvalue weighted by atomic mass is 10.1. The van der Waals surface area contributed by atoms with Crippen molar-refractivity contribution in [2.75, 3.05) is 23.5 Å². The summed E-state index contributed by atoms with van der Waals surface area (Å²) in [4.78, 5) is 17.3. The molecule has 17 heavy (non-hydrogen) atoms. The van der Waals surface area contributed by atoms with Crippen molar-refractivity contribution in [3.63, 3.8) is 0 Å². The lowest BCUT2D eigenvalue weighted by molar-refractivity contribution is 0.0697. The van der Waals surface area contributed by atoms with Crippen molar-refractivity contribution in [3.05, 3.63) is 23.5 Å². The first-order valence-electron chi connectivity index (χ1n) is 5.60. The zero-order chi connectivity index (χ0) is 12.4. The van der Waals surface area contributed by atoms with E-state index in [1.807, 2.05) is 31.8 Å². The maximum atomic E-state index is 11.2. The van der Waals surface area contributed by atoms with Crippen molar-refractivity contribution in [2.45, 2.75) is 19.4 Å². The largest absolute Gasteiger partial charge is 0.478 e. The molecule has 1 fully saturated rings. The fourth-order valence-corrected chi connectivity index (χ4v) is 3.29. The van der Waals surface area contributed by atoms with E-state index in [1.54, 1.807) is 0 Å². The number of thioether (sulfide) groups is 1. The second-order valence-electron chi connectivity index (χ2n) is 4.28. The van der Waals surface area contributed by atoms with Crippen LogP contribution >= 0.6 is 11.8 Å². The van der Waals surface area contributed by atoms with E-state index >= 15 is 0 Å². The molecule has 1 unspecified atom stereocenters. The summed E-state index contributed by atoms with van der Waals surface area (Å²) in [7, 11) is 1.97. The Morgan fingerprint density at radius 1 is 1.65 bits per heavy atom. The number of aromatic nitrogens is 1. The van der Waals surface area contributed by atoms with Crippen LogP contribution in [0.3, 0.4) is 0 Å². The molecule has 1 aliphatic heterocycles. The molecule has 1 atom stereocenters. The summed E-state index contributed by atoms with van der Waals surface area (Å²) >= 11 is 1.92. The van der Waals surface area contributed by atoms with Crippen molar-refractivity contribution < 1.29 is 9.90 Å². The Labute approximate surface area is 105 Å². The first-order chi connectivity index (χ1) is 8.09. The lowest BCUT2D eigenvalue weighted by Gasteiger charge is -2.27. The number of rotatable bonds is 3. The van der Waals surface area contributed by atoms with Crippen LogP contribution in [-0.4, -0.2) is 40.7 Å². The van der Waals surface area contributed by atoms with E-state index in [4.69, 9.17) is 0 Å². The molecule has 5 heteroatoms. The number of aryl methyl sites for hydroxylation is 1. The van der Waals surface area contributed by atoms with Crippen LogP contribution in [0.1, 0.15) is 22.5 Å². The molecular weight excluding hydrogens is 236 g/mol. The predicted molar refractivity (Wildman–Crippen MR) is 70.1 cm³/mol. The monoisotopic (exact) mass is 252 g/mol. The van der Waals surface area contributed by atoms with Gasteiger partial charge in [-0.1, -0.05) is 0 Å². The van der Waals surface area contributed by atoms with Gasteiger partial charge >= 0.3 is 5.97 Å². The number of nitrogens with zero attached hydrogens (tertiary/aromatic N) is 2. The molecular formula is C12H16N2O2S. The molecule has 1 aromatic heterocycles. The molecule has 1 aliphatic rings. The van der Waals surface area contributed by atoms with Crippen LogP contribution in [0.25, 0.3) is 0 Å². The average Bonchev–Trinajstić information content (AvgIpc) is 2.80. The minimum atomic E-state index is -0.912. The Kier molecular flexibility index (Phi) is 3.57. The standard InChI is InChI=1S/C12H16N2O2S/c1-8-5-11(10(6-13-8)12(15)16)14(2)9-3-4-17-7-9/h5-6,9H,3-4,7H2,1-2H3,(H,15,16). The van der Waals surface area contributed by atoms with Gasteiger partial charge in [0.1, 0.15) is 5.56 Å². The normalized spacial score (nSPS) is 19.3. The van der Waals surface area contributed by atoms with E-state index in [2.05, 4.69) is 9.88 Å². The Morgan fingerprint density at radius 2 is 2.41 bits per heavy atom. The quantitative estimate of drug-likeness (QED) is 0.892. The Balaban J connectivity index is 2.34. The fourth-order valence-electron chi connectivity index (χ4n) is 2.03. The fraction of sp³-hybridized carbons (Fsp3) is 0.500. The molecule has 0 spiro atoms. The first kappa shape index (κ1) is 12.2.